The van der Waals surface area contributed by atoms with Crippen LogP contribution >= 0.6 is 0 Å². The molecule has 0 fully saturated rings. The van der Waals surface area contributed by atoms with E-state index in [1.807, 2.05) is 18.2 Å². The van der Waals surface area contributed by atoms with Crippen LogP contribution in [0.2, 0.25) is 0 Å². The number of pyridine rings is 1. The van der Waals surface area contributed by atoms with Crippen molar-refractivity contribution in [2.45, 2.75) is 19.6 Å². The summed E-state index contributed by atoms with van der Waals surface area (Å²) in [5.74, 6) is 0.366. The molecule has 0 aliphatic carbocycles. The first kappa shape index (κ1) is 14.8. The number of nitrogens with zero attached hydrogens (tertiary/aromatic N) is 1. The van der Waals surface area contributed by atoms with Gasteiger partial charge in [-0.15, -0.1) is 0 Å². The summed E-state index contributed by atoms with van der Waals surface area (Å²) in [6.07, 6.45) is 1.14. The lowest BCUT2D eigenvalue weighted by atomic mass is 10.2. The van der Waals surface area contributed by atoms with Gasteiger partial charge in [0.25, 0.3) is 5.91 Å². The Morgan fingerprint density at radius 2 is 2.22 bits per heavy atom. The lowest BCUT2D eigenvalue weighted by Gasteiger charge is -2.23. The average molecular weight is 312 g/mol. The minimum Gasteiger partial charge on any atom is -0.479 e. The zero-order valence-electron chi connectivity index (χ0n) is 12.5. The third-order valence-corrected chi connectivity index (χ3v) is 3.32. The molecule has 0 radical (unpaired) electrons. The van der Waals surface area contributed by atoms with Gasteiger partial charge in [0, 0.05) is 11.9 Å². The maximum Gasteiger partial charge on any atom is 0.319 e. The minimum absolute atomic E-state index is 0.214. The monoisotopic (exact) mass is 312 g/mol. The average Bonchev–Trinajstić information content (AvgIpc) is 2.55. The van der Waals surface area contributed by atoms with Gasteiger partial charge in [0.15, 0.2) is 6.10 Å². The summed E-state index contributed by atoms with van der Waals surface area (Å²) < 4.78 is 5.46. The van der Waals surface area contributed by atoms with Crippen LogP contribution in [0.5, 0.6) is 5.75 Å². The number of carbonyl (C=O) groups excluding carboxylic acids is 2. The van der Waals surface area contributed by atoms with Gasteiger partial charge in [-0.2, -0.15) is 0 Å². The quantitative estimate of drug-likeness (QED) is 0.809. The molecule has 3 N–H and O–H groups in total. The fraction of sp³-hybridized carbons (Fsp3) is 0.188. The van der Waals surface area contributed by atoms with Crippen LogP contribution in [0, 0.1) is 0 Å². The van der Waals surface area contributed by atoms with E-state index < -0.39 is 6.10 Å². The minimum atomic E-state index is -0.525. The number of anilines is 2. The van der Waals surface area contributed by atoms with E-state index in [0.29, 0.717) is 23.7 Å². The van der Waals surface area contributed by atoms with E-state index in [9.17, 15) is 9.59 Å². The number of ether oxygens (including phenoxy) is 1. The summed E-state index contributed by atoms with van der Waals surface area (Å²) in [5, 5.41) is 8.15. The van der Waals surface area contributed by atoms with Crippen molar-refractivity contribution in [3.63, 3.8) is 0 Å². The molecule has 3 amide bonds. The Morgan fingerprint density at radius 3 is 3.00 bits per heavy atom. The number of carbonyl (C=O) groups is 2. The van der Waals surface area contributed by atoms with Gasteiger partial charge in [0.1, 0.15) is 5.75 Å². The fourth-order valence-electron chi connectivity index (χ4n) is 2.14. The molecule has 1 atom stereocenters. The van der Waals surface area contributed by atoms with Gasteiger partial charge >= 0.3 is 6.03 Å². The van der Waals surface area contributed by atoms with Gasteiger partial charge in [-0.3, -0.25) is 9.78 Å². The van der Waals surface area contributed by atoms with Gasteiger partial charge in [-0.05, 0) is 37.3 Å². The summed E-state index contributed by atoms with van der Waals surface area (Å²) in [6.45, 7) is 2.00. The zero-order valence-corrected chi connectivity index (χ0v) is 12.5. The fourth-order valence-corrected chi connectivity index (χ4v) is 2.14. The van der Waals surface area contributed by atoms with Crippen molar-refractivity contribution in [1.82, 2.24) is 10.3 Å². The van der Waals surface area contributed by atoms with Crippen molar-refractivity contribution in [3.8, 4) is 5.75 Å². The Bertz CT molecular complexity index is 733. The number of urea groups is 1. The van der Waals surface area contributed by atoms with Crippen molar-refractivity contribution >= 4 is 23.3 Å². The molecule has 1 aromatic carbocycles. The highest BCUT2D eigenvalue weighted by Gasteiger charge is 2.23. The molecule has 0 saturated carbocycles. The van der Waals surface area contributed by atoms with E-state index >= 15 is 0 Å². The van der Waals surface area contributed by atoms with Gasteiger partial charge in [-0.1, -0.05) is 6.07 Å². The van der Waals surface area contributed by atoms with Crippen molar-refractivity contribution in [3.05, 3.63) is 48.3 Å². The van der Waals surface area contributed by atoms with Gasteiger partial charge in [-0.25, -0.2) is 4.79 Å². The number of amides is 3. The number of hydrogen-bond acceptors (Lipinski definition) is 4. The maximum absolute atomic E-state index is 11.9. The molecule has 0 saturated heterocycles. The van der Waals surface area contributed by atoms with Crippen molar-refractivity contribution in [2.75, 3.05) is 10.6 Å². The lowest BCUT2D eigenvalue weighted by Crippen LogP contribution is -2.34. The summed E-state index contributed by atoms with van der Waals surface area (Å²) >= 11 is 0. The predicted molar refractivity (Wildman–Crippen MR) is 85.3 cm³/mol. The normalized spacial score (nSPS) is 15.9. The smallest absolute Gasteiger partial charge is 0.319 e. The number of hydrogen-bond donors (Lipinski definition) is 3. The standard InChI is InChI=1S/C16H16N4O3/c1-10-15(21)20-13-8-11(5-6-14(13)23-10)19-16(22)18-9-12-4-2-3-7-17-12/h2-8,10H,9H2,1H3,(H,20,21)(H2,18,19,22)/t10-/m0/s1. The molecular weight excluding hydrogens is 296 g/mol. The zero-order chi connectivity index (χ0) is 16.2. The number of aromatic nitrogens is 1. The van der Waals surface area contributed by atoms with Crippen LogP contribution in [0.3, 0.4) is 0 Å². The number of fused-ring (bicyclic) bond motifs is 1. The van der Waals surface area contributed by atoms with E-state index in [0.717, 1.165) is 5.69 Å². The molecule has 118 valence electrons. The SMILES string of the molecule is C[C@@H]1Oc2ccc(NC(=O)NCc3ccccn3)cc2NC1=O. The van der Waals surface area contributed by atoms with Crippen LogP contribution < -0.4 is 20.7 Å². The second kappa shape index (κ2) is 6.35. The van der Waals surface area contributed by atoms with Crippen LogP contribution in [-0.2, 0) is 11.3 Å². The molecule has 3 rings (SSSR count). The Morgan fingerprint density at radius 1 is 1.35 bits per heavy atom. The molecule has 7 nitrogen and oxygen atoms in total. The van der Waals surface area contributed by atoms with E-state index in [-0.39, 0.29) is 11.9 Å². The third kappa shape index (κ3) is 3.57. The topological polar surface area (TPSA) is 92.3 Å². The molecule has 0 spiro atoms. The Labute approximate surface area is 133 Å². The highest BCUT2D eigenvalue weighted by Crippen LogP contribution is 2.32. The molecule has 0 unspecified atom stereocenters. The maximum atomic E-state index is 11.9. The van der Waals surface area contributed by atoms with Crippen molar-refractivity contribution in [1.29, 1.82) is 0 Å². The first-order valence-electron chi connectivity index (χ1n) is 7.18. The second-order valence-electron chi connectivity index (χ2n) is 5.09. The van der Waals surface area contributed by atoms with Crippen molar-refractivity contribution in [2.24, 2.45) is 0 Å². The number of rotatable bonds is 3. The van der Waals surface area contributed by atoms with E-state index in [1.54, 1.807) is 31.3 Å². The van der Waals surface area contributed by atoms with E-state index in [2.05, 4.69) is 20.9 Å². The largest absolute Gasteiger partial charge is 0.479 e. The molecule has 1 aromatic heterocycles. The highest BCUT2D eigenvalue weighted by molar-refractivity contribution is 5.99. The molecule has 2 heterocycles. The van der Waals surface area contributed by atoms with Crippen LogP contribution in [-0.4, -0.2) is 23.0 Å². The lowest BCUT2D eigenvalue weighted by molar-refractivity contribution is -0.122. The van der Waals surface area contributed by atoms with E-state index in [1.165, 1.54) is 0 Å². The molecule has 1 aliphatic rings. The van der Waals surface area contributed by atoms with E-state index in [4.69, 9.17) is 4.74 Å². The second-order valence-corrected chi connectivity index (χ2v) is 5.09. The molecule has 1 aliphatic heterocycles. The van der Waals surface area contributed by atoms with Gasteiger partial charge in [0.2, 0.25) is 0 Å². The highest BCUT2D eigenvalue weighted by atomic mass is 16.5. The summed E-state index contributed by atoms with van der Waals surface area (Å²) in [6, 6.07) is 10.2. The Balaban J connectivity index is 1.61. The predicted octanol–water partition coefficient (Wildman–Crippen LogP) is 2.12. The van der Waals surface area contributed by atoms with Crippen molar-refractivity contribution < 1.29 is 14.3 Å². The third-order valence-electron chi connectivity index (χ3n) is 3.32. The molecule has 23 heavy (non-hydrogen) atoms. The first-order valence-corrected chi connectivity index (χ1v) is 7.18. The Hall–Kier alpha value is -3.09. The summed E-state index contributed by atoms with van der Waals surface area (Å²) in [4.78, 5) is 27.6. The molecule has 7 heteroatoms. The first-order chi connectivity index (χ1) is 11.1. The van der Waals surface area contributed by atoms with Crippen LogP contribution in [0.25, 0.3) is 0 Å². The molecule has 2 aromatic rings. The number of nitrogens with one attached hydrogen (secondary N) is 3. The Kier molecular flexibility index (Phi) is 4.09. The van der Waals surface area contributed by atoms with Gasteiger partial charge < -0.3 is 20.7 Å². The van der Waals surface area contributed by atoms with Gasteiger partial charge in [0.05, 0.1) is 17.9 Å². The van der Waals surface area contributed by atoms with Crippen LogP contribution in [0.4, 0.5) is 16.2 Å². The van der Waals surface area contributed by atoms with Crippen LogP contribution in [0.1, 0.15) is 12.6 Å². The molecule has 0 bridgehead atoms. The number of benzene rings is 1. The molecular formula is C16H16N4O3. The summed E-state index contributed by atoms with van der Waals surface area (Å²) in [7, 11) is 0. The summed E-state index contributed by atoms with van der Waals surface area (Å²) in [5.41, 5.74) is 1.86. The van der Waals surface area contributed by atoms with Crippen LogP contribution in [0.15, 0.2) is 42.6 Å².